The molecule has 0 spiro atoms. The molecule has 25 heavy (non-hydrogen) atoms. The number of halogens is 1. The highest BCUT2D eigenvalue weighted by molar-refractivity contribution is 7.85. The number of aliphatic hydroxyl groups is 1. The fraction of sp³-hybridized carbons (Fsp3) is 0.500. The third-order valence-corrected chi connectivity index (χ3v) is 4.33. The van der Waals surface area contributed by atoms with Gasteiger partial charge < -0.3 is 9.67 Å². The summed E-state index contributed by atoms with van der Waals surface area (Å²) in [4.78, 5) is 4.53. The van der Waals surface area contributed by atoms with Crippen LogP contribution in [0.3, 0.4) is 0 Å². The number of anilines is 1. The molecule has 0 aliphatic heterocycles. The van der Waals surface area contributed by atoms with Crippen LogP contribution in [0.25, 0.3) is 5.57 Å². The van der Waals surface area contributed by atoms with Gasteiger partial charge in [0.2, 0.25) is 5.95 Å². The monoisotopic (exact) mass is 371 g/mol. The Balaban J connectivity index is 0.00000101. The first-order valence-corrected chi connectivity index (χ1v) is 9.53. The fourth-order valence-electron chi connectivity index (χ4n) is 2.02. The molecular formula is C18H30FN3O2S. The van der Waals surface area contributed by atoms with Crippen molar-refractivity contribution in [1.82, 2.24) is 9.55 Å². The lowest BCUT2D eigenvalue weighted by atomic mass is 10.1. The number of hydrogen-bond acceptors (Lipinski definition) is 3. The molecule has 0 aliphatic carbocycles. The van der Waals surface area contributed by atoms with Gasteiger partial charge >= 0.3 is 0 Å². The lowest BCUT2D eigenvalue weighted by Gasteiger charge is -2.20. The van der Waals surface area contributed by atoms with Gasteiger partial charge in [-0.15, -0.1) is 0 Å². The molecule has 1 aromatic heterocycles. The molecule has 1 rings (SSSR count). The summed E-state index contributed by atoms with van der Waals surface area (Å²) in [6.45, 7) is 12.8. The number of hydrogen-bond donors (Lipinski definition) is 1. The van der Waals surface area contributed by atoms with Crippen LogP contribution in [0.1, 0.15) is 52.0 Å². The summed E-state index contributed by atoms with van der Waals surface area (Å²) < 4.78 is 26.5. The van der Waals surface area contributed by atoms with Crippen molar-refractivity contribution in [2.24, 2.45) is 0 Å². The van der Waals surface area contributed by atoms with E-state index in [0.29, 0.717) is 17.3 Å². The van der Waals surface area contributed by atoms with Gasteiger partial charge in [-0.05, 0) is 40.2 Å². The van der Waals surface area contributed by atoms with Crippen LogP contribution in [0.5, 0.6) is 0 Å². The van der Waals surface area contributed by atoms with Crippen molar-refractivity contribution in [3.05, 3.63) is 42.0 Å². The van der Waals surface area contributed by atoms with E-state index in [0.717, 1.165) is 5.57 Å². The lowest BCUT2D eigenvalue weighted by Crippen LogP contribution is -2.24. The minimum absolute atomic E-state index is 0.0952. The first-order valence-electron chi connectivity index (χ1n) is 8.01. The standard InChI is InChI=1S/C14H23N3O2S.C4H7F/c1-7-8-11(4)13-12(9-18)17(10(2)3)14(15-13)16(5)20(6)19;1-3-4(2)5/h7-8,10,18H,4,9H2,1-3,5-6H3;3H,1-2H3/b8-7-;4-3+. The molecule has 1 N–H and O–H groups in total. The number of rotatable bonds is 6. The van der Waals surface area contributed by atoms with E-state index in [-0.39, 0.29) is 18.5 Å². The zero-order valence-corrected chi connectivity index (χ0v) is 17.0. The second-order valence-corrected chi connectivity index (χ2v) is 7.05. The van der Waals surface area contributed by atoms with Gasteiger partial charge in [-0.25, -0.2) is 13.6 Å². The SMILES string of the molecule is C/C=C(\C)F.C=C(/C=C\C)c1nc(N(C)S(C)=O)n(C(C)C)c1CO. The molecule has 0 bridgehead atoms. The lowest BCUT2D eigenvalue weighted by molar-refractivity contribution is 0.268. The van der Waals surface area contributed by atoms with Gasteiger partial charge in [0.1, 0.15) is 11.0 Å². The van der Waals surface area contributed by atoms with Crippen molar-refractivity contribution < 1.29 is 13.7 Å². The Morgan fingerprint density at radius 3 is 2.32 bits per heavy atom. The quantitative estimate of drug-likeness (QED) is 0.764. The molecule has 0 amide bonds. The number of allylic oxidation sites excluding steroid dienone is 5. The summed E-state index contributed by atoms with van der Waals surface area (Å²) in [5, 5.41) is 9.68. The third kappa shape index (κ3) is 6.59. The highest BCUT2D eigenvalue weighted by atomic mass is 32.2. The van der Waals surface area contributed by atoms with Gasteiger partial charge in [0.05, 0.1) is 23.8 Å². The maximum absolute atomic E-state index is 11.7. The Kier molecular flexibility index (Phi) is 10.2. The molecule has 0 saturated carbocycles. The average Bonchev–Trinajstić information content (AvgIpc) is 2.94. The van der Waals surface area contributed by atoms with Crippen LogP contribution in [0, 0.1) is 0 Å². The highest BCUT2D eigenvalue weighted by Crippen LogP contribution is 2.28. The van der Waals surface area contributed by atoms with E-state index in [9.17, 15) is 13.7 Å². The molecule has 0 aromatic carbocycles. The third-order valence-electron chi connectivity index (χ3n) is 3.39. The molecule has 1 atom stereocenters. The molecule has 0 saturated heterocycles. The average molecular weight is 372 g/mol. The van der Waals surface area contributed by atoms with Crippen LogP contribution in [-0.2, 0) is 17.6 Å². The highest BCUT2D eigenvalue weighted by Gasteiger charge is 2.23. The first-order chi connectivity index (χ1) is 11.6. The van der Waals surface area contributed by atoms with Gasteiger partial charge in [-0.1, -0.05) is 24.8 Å². The molecule has 1 unspecified atom stereocenters. The summed E-state index contributed by atoms with van der Waals surface area (Å²) in [7, 11) is 0.542. The summed E-state index contributed by atoms with van der Waals surface area (Å²) in [6.07, 6.45) is 6.73. The van der Waals surface area contributed by atoms with Gasteiger partial charge in [0, 0.05) is 19.3 Å². The second-order valence-electron chi connectivity index (χ2n) is 5.65. The molecular weight excluding hydrogens is 341 g/mol. The molecule has 0 fully saturated rings. The van der Waals surface area contributed by atoms with Crippen LogP contribution in [0.15, 0.2) is 30.6 Å². The minimum atomic E-state index is -1.18. The largest absolute Gasteiger partial charge is 0.390 e. The van der Waals surface area contributed by atoms with Crippen molar-refractivity contribution in [2.45, 2.75) is 47.3 Å². The molecule has 1 heterocycles. The van der Waals surface area contributed by atoms with Gasteiger partial charge in [0.25, 0.3) is 0 Å². The van der Waals surface area contributed by atoms with Crippen LogP contribution in [0.2, 0.25) is 0 Å². The summed E-state index contributed by atoms with van der Waals surface area (Å²) in [5.74, 6) is 0.454. The number of imidazole rings is 1. The second kappa shape index (κ2) is 11.0. The van der Waals surface area contributed by atoms with E-state index < -0.39 is 11.0 Å². The topological polar surface area (TPSA) is 58.4 Å². The van der Waals surface area contributed by atoms with Gasteiger partial charge in [-0.2, -0.15) is 0 Å². The van der Waals surface area contributed by atoms with Crippen molar-refractivity contribution in [3.8, 4) is 0 Å². The van der Waals surface area contributed by atoms with Gasteiger partial charge in [-0.3, -0.25) is 4.31 Å². The van der Waals surface area contributed by atoms with Crippen LogP contribution in [-0.4, -0.2) is 32.2 Å². The molecule has 142 valence electrons. The maximum atomic E-state index is 11.7. The molecule has 0 radical (unpaired) electrons. The zero-order valence-electron chi connectivity index (χ0n) is 16.2. The van der Waals surface area contributed by atoms with E-state index in [1.807, 2.05) is 37.5 Å². The number of nitrogens with zero attached hydrogens (tertiary/aromatic N) is 3. The number of aliphatic hydroxyl groups excluding tert-OH is 1. The fourth-order valence-corrected chi connectivity index (χ4v) is 2.38. The summed E-state index contributed by atoms with van der Waals surface area (Å²) >= 11 is 0. The zero-order chi connectivity index (χ0) is 19.7. The number of aromatic nitrogens is 2. The molecule has 5 nitrogen and oxygen atoms in total. The normalized spacial score (nSPS) is 13.0. The Morgan fingerprint density at radius 2 is 2.00 bits per heavy atom. The molecule has 1 aromatic rings. The van der Waals surface area contributed by atoms with E-state index in [4.69, 9.17) is 0 Å². The Hall–Kier alpha value is -1.73. The maximum Gasteiger partial charge on any atom is 0.218 e. The molecule has 0 aliphatic rings. The Bertz CT molecular complexity index is 660. The molecule has 7 heteroatoms. The van der Waals surface area contributed by atoms with Gasteiger partial charge in [0.15, 0.2) is 0 Å². The van der Waals surface area contributed by atoms with Crippen LogP contribution in [0.4, 0.5) is 10.3 Å². The van der Waals surface area contributed by atoms with E-state index in [1.165, 1.54) is 13.0 Å². The van der Waals surface area contributed by atoms with Crippen molar-refractivity contribution >= 4 is 22.5 Å². The van der Waals surface area contributed by atoms with Crippen LogP contribution >= 0.6 is 0 Å². The predicted molar refractivity (Wildman–Crippen MR) is 105 cm³/mol. The van der Waals surface area contributed by atoms with E-state index in [2.05, 4.69) is 11.6 Å². The van der Waals surface area contributed by atoms with E-state index >= 15 is 0 Å². The first kappa shape index (κ1) is 23.3. The Labute approximate surface area is 153 Å². The van der Waals surface area contributed by atoms with Crippen molar-refractivity contribution in [1.29, 1.82) is 0 Å². The summed E-state index contributed by atoms with van der Waals surface area (Å²) in [5.41, 5.74) is 2.06. The van der Waals surface area contributed by atoms with E-state index in [1.54, 1.807) is 24.5 Å². The predicted octanol–water partition coefficient (Wildman–Crippen LogP) is 4.15. The summed E-state index contributed by atoms with van der Waals surface area (Å²) in [6, 6.07) is 0.0952. The Morgan fingerprint density at radius 1 is 1.48 bits per heavy atom. The van der Waals surface area contributed by atoms with Crippen LogP contribution < -0.4 is 4.31 Å². The smallest absolute Gasteiger partial charge is 0.218 e. The van der Waals surface area contributed by atoms with Crippen molar-refractivity contribution in [2.75, 3.05) is 17.6 Å². The minimum Gasteiger partial charge on any atom is -0.390 e. The van der Waals surface area contributed by atoms with Crippen molar-refractivity contribution in [3.63, 3.8) is 0 Å².